The van der Waals surface area contributed by atoms with Crippen molar-refractivity contribution in [1.29, 1.82) is 0 Å². The maximum absolute atomic E-state index is 12.2. The van der Waals surface area contributed by atoms with E-state index < -0.39 is 0 Å². The molecule has 0 aromatic heterocycles. The summed E-state index contributed by atoms with van der Waals surface area (Å²) in [5.74, 6) is 2.50. The van der Waals surface area contributed by atoms with Gasteiger partial charge in [-0.3, -0.25) is 4.79 Å². The minimum absolute atomic E-state index is 0.0936. The van der Waals surface area contributed by atoms with Crippen molar-refractivity contribution in [3.05, 3.63) is 41.5 Å². The largest absolute Gasteiger partial charge is 0.497 e. The van der Waals surface area contributed by atoms with Crippen molar-refractivity contribution in [3.63, 3.8) is 0 Å². The third kappa shape index (κ3) is 1.46. The van der Waals surface area contributed by atoms with Crippen molar-refractivity contribution in [2.24, 2.45) is 11.8 Å². The SMILES string of the molecule is COc1ccc2c(c1)CC(=O)CC21CC2C=CC1C2. The molecule has 1 saturated carbocycles. The molecule has 0 N–H and O–H groups in total. The molecule has 3 aliphatic carbocycles. The lowest BCUT2D eigenvalue weighted by Gasteiger charge is -2.40. The smallest absolute Gasteiger partial charge is 0.138 e. The van der Waals surface area contributed by atoms with E-state index in [1.54, 1.807) is 7.11 Å². The fraction of sp³-hybridized carbons (Fsp3) is 0.471. The topological polar surface area (TPSA) is 26.3 Å². The fourth-order valence-electron chi connectivity index (χ4n) is 4.52. The second-order valence-electron chi connectivity index (χ2n) is 6.26. The lowest BCUT2D eigenvalue weighted by Crippen LogP contribution is -2.38. The first-order valence-corrected chi connectivity index (χ1v) is 7.09. The maximum Gasteiger partial charge on any atom is 0.138 e. The molecule has 2 nitrogen and oxygen atoms in total. The van der Waals surface area contributed by atoms with Crippen LogP contribution in [0.15, 0.2) is 30.4 Å². The number of benzene rings is 1. The molecule has 0 amide bonds. The van der Waals surface area contributed by atoms with Gasteiger partial charge in [-0.25, -0.2) is 0 Å². The molecule has 3 aliphatic rings. The second-order valence-corrected chi connectivity index (χ2v) is 6.26. The van der Waals surface area contributed by atoms with E-state index in [0.29, 0.717) is 24.0 Å². The highest BCUT2D eigenvalue weighted by Crippen LogP contribution is 2.57. The Hall–Kier alpha value is -1.57. The van der Waals surface area contributed by atoms with E-state index in [0.717, 1.165) is 18.6 Å². The Morgan fingerprint density at radius 1 is 1.32 bits per heavy atom. The number of carbonyl (C=O) groups is 1. The Balaban J connectivity index is 1.87. The van der Waals surface area contributed by atoms with E-state index in [4.69, 9.17) is 4.74 Å². The highest BCUT2D eigenvalue weighted by molar-refractivity contribution is 5.85. The highest BCUT2D eigenvalue weighted by atomic mass is 16.5. The Morgan fingerprint density at radius 3 is 2.89 bits per heavy atom. The average Bonchev–Trinajstić information content (AvgIpc) is 2.98. The zero-order valence-electron chi connectivity index (χ0n) is 11.2. The molecule has 2 bridgehead atoms. The molecular formula is C17H18O2. The average molecular weight is 254 g/mol. The summed E-state index contributed by atoms with van der Waals surface area (Å²) in [4.78, 5) is 12.2. The van der Waals surface area contributed by atoms with Crippen molar-refractivity contribution in [1.82, 2.24) is 0 Å². The third-order valence-electron chi connectivity index (χ3n) is 5.26. The van der Waals surface area contributed by atoms with Crippen LogP contribution in [-0.4, -0.2) is 12.9 Å². The Kier molecular flexibility index (Phi) is 2.21. The number of fused-ring (bicyclic) bond motifs is 5. The van der Waals surface area contributed by atoms with Crippen LogP contribution in [0, 0.1) is 11.8 Å². The summed E-state index contributed by atoms with van der Waals surface area (Å²) in [6.45, 7) is 0. The van der Waals surface area contributed by atoms with Gasteiger partial charge in [0.1, 0.15) is 11.5 Å². The van der Waals surface area contributed by atoms with Gasteiger partial charge in [0, 0.05) is 18.3 Å². The van der Waals surface area contributed by atoms with E-state index in [1.807, 2.05) is 6.07 Å². The number of Topliss-reactive ketones (excluding diaryl/α,β-unsaturated/α-hetero) is 1. The molecule has 19 heavy (non-hydrogen) atoms. The first-order valence-electron chi connectivity index (χ1n) is 7.09. The van der Waals surface area contributed by atoms with Crippen LogP contribution in [0.1, 0.15) is 30.4 Å². The number of carbonyl (C=O) groups excluding carboxylic acids is 1. The predicted molar refractivity (Wildman–Crippen MR) is 73.4 cm³/mol. The monoisotopic (exact) mass is 254 g/mol. The number of allylic oxidation sites excluding steroid dienone is 2. The van der Waals surface area contributed by atoms with Gasteiger partial charge in [0.25, 0.3) is 0 Å². The highest BCUT2D eigenvalue weighted by Gasteiger charge is 2.52. The maximum atomic E-state index is 12.2. The van der Waals surface area contributed by atoms with Gasteiger partial charge < -0.3 is 4.74 Å². The second kappa shape index (κ2) is 3.72. The molecule has 0 radical (unpaired) electrons. The standard InChI is InChI=1S/C17H18O2/c1-19-15-4-5-16-12(8-15)7-14(18)10-17(16)9-11-2-3-13(17)6-11/h2-5,8,11,13H,6-7,9-10H2,1H3. The predicted octanol–water partition coefficient (Wildman–Crippen LogP) is 3.04. The number of methoxy groups -OCH3 is 1. The van der Waals surface area contributed by atoms with Gasteiger partial charge in [0.2, 0.25) is 0 Å². The van der Waals surface area contributed by atoms with E-state index in [2.05, 4.69) is 24.3 Å². The van der Waals surface area contributed by atoms with Crippen molar-refractivity contribution < 1.29 is 9.53 Å². The van der Waals surface area contributed by atoms with Crippen LogP contribution in [0.3, 0.4) is 0 Å². The van der Waals surface area contributed by atoms with Crippen LogP contribution in [0.4, 0.5) is 0 Å². The molecule has 0 saturated heterocycles. The summed E-state index contributed by atoms with van der Waals surface area (Å²) in [7, 11) is 1.68. The molecule has 2 heteroatoms. The molecule has 4 rings (SSSR count). The molecule has 3 atom stereocenters. The van der Waals surface area contributed by atoms with Gasteiger partial charge in [-0.15, -0.1) is 0 Å². The van der Waals surface area contributed by atoms with Gasteiger partial charge in [0.05, 0.1) is 7.11 Å². The van der Waals surface area contributed by atoms with Crippen LogP contribution < -0.4 is 4.74 Å². The van der Waals surface area contributed by atoms with Crippen LogP contribution in [-0.2, 0) is 16.6 Å². The van der Waals surface area contributed by atoms with Crippen LogP contribution in [0.25, 0.3) is 0 Å². The number of hydrogen-bond donors (Lipinski definition) is 0. The first-order chi connectivity index (χ1) is 9.21. The van der Waals surface area contributed by atoms with Crippen LogP contribution >= 0.6 is 0 Å². The molecule has 98 valence electrons. The van der Waals surface area contributed by atoms with E-state index in [1.165, 1.54) is 17.5 Å². The Morgan fingerprint density at radius 2 is 2.21 bits per heavy atom. The normalized spacial score (nSPS) is 34.9. The minimum Gasteiger partial charge on any atom is -0.497 e. The first kappa shape index (κ1) is 11.3. The van der Waals surface area contributed by atoms with Crippen LogP contribution in [0.5, 0.6) is 5.75 Å². The molecule has 0 aliphatic heterocycles. The van der Waals surface area contributed by atoms with Gasteiger partial charge in [-0.2, -0.15) is 0 Å². The molecule has 1 spiro atoms. The van der Waals surface area contributed by atoms with Crippen molar-refractivity contribution in [3.8, 4) is 5.75 Å². The van der Waals surface area contributed by atoms with Crippen molar-refractivity contribution in [2.75, 3.05) is 7.11 Å². The third-order valence-corrected chi connectivity index (χ3v) is 5.26. The van der Waals surface area contributed by atoms with E-state index in [-0.39, 0.29) is 5.41 Å². The van der Waals surface area contributed by atoms with Crippen molar-refractivity contribution >= 4 is 5.78 Å². The quantitative estimate of drug-likeness (QED) is 0.720. The van der Waals surface area contributed by atoms with E-state index >= 15 is 0 Å². The molecule has 1 aromatic rings. The number of ketones is 1. The molecular weight excluding hydrogens is 236 g/mol. The summed E-state index contributed by atoms with van der Waals surface area (Å²) in [5.41, 5.74) is 2.69. The van der Waals surface area contributed by atoms with Crippen molar-refractivity contribution in [2.45, 2.75) is 31.1 Å². The van der Waals surface area contributed by atoms with Gasteiger partial charge in [-0.1, -0.05) is 18.2 Å². The molecule has 1 aromatic carbocycles. The number of ether oxygens (including phenoxy) is 1. The number of hydrogen-bond acceptors (Lipinski definition) is 2. The molecule has 0 heterocycles. The molecule has 1 fully saturated rings. The van der Waals surface area contributed by atoms with Crippen LogP contribution in [0.2, 0.25) is 0 Å². The fourth-order valence-corrected chi connectivity index (χ4v) is 4.52. The Bertz CT molecular complexity index is 587. The zero-order chi connectivity index (χ0) is 13.0. The lowest BCUT2D eigenvalue weighted by molar-refractivity contribution is -0.120. The number of rotatable bonds is 1. The minimum atomic E-state index is 0.0936. The lowest BCUT2D eigenvalue weighted by atomic mass is 9.63. The summed E-state index contributed by atoms with van der Waals surface area (Å²) >= 11 is 0. The molecule has 3 unspecified atom stereocenters. The zero-order valence-corrected chi connectivity index (χ0v) is 11.2. The summed E-state index contributed by atoms with van der Waals surface area (Å²) in [5, 5.41) is 0. The van der Waals surface area contributed by atoms with Gasteiger partial charge >= 0.3 is 0 Å². The summed E-state index contributed by atoms with van der Waals surface area (Å²) in [6.07, 6.45) is 8.39. The Labute approximate surface area is 113 Å². The van der Waals surface area contributed by atoms with Gasteiger partial charge in [0.15, 0.2) is 0 Å². The van der Waals surface area contributed by atoms with Gasteiger partial charge in [-0.05, 0) is 47.9 Å². The summed E-state index contributed by atoms with van der Waals surface area (Å²) in [6, 6.07) is 6.31. The summed E-state index contributed by atoms with van der Waals surface area (Å²) < 4.78 is 5.30. The van der Waals surface area contributed by atoms with E-state index in [9.17, 15) is 4.79 Å².